The molecule has 3 nitrogen and oxygen atoms in total. The van der Waals surface area contributed by atoms with Gasteiger partial charge >= 0.3 is 0 Å². The molecule has 2 rings (SSSR count). The van der Waals surface area contributed by atoms with E-state index in [4.69, 9.17) is 4.74 Å². The monoisotopic (exact) mass is 299 g/mol. The summed E-state index contributed by atoms with van der Waals surface area (Å²) < 4.78 is 5.85. The van der Waals surface area contributed by atoms with Gasteiger partial charge in [0, 0.05) is 13.1 Å². The summed E-state index contributed by atoms with van der Waals surface area (Å²) >= 11 is 3.35. The van der Waals surface area contributed by atoms with Gasteiger partial charge in [-0.3, -0.25) is 4.90 Å². The van der Waals surface area contributed by atoms with Crippen molar-refractivity contribution in [3.05, 3.63) is 22.2 Å². The number of phenolic OH excluding ortho intramolecular Hbond substituents is 1. The van der Waals surface area contributed by atoms with Gasteiger partial charge in [0.1, 0.15) is 0 Å². The molecule has 1 aromatic rings. The number of phenols is 1. The van der Waals surface area contributed by atoms with Crippen molar-refractivity contribution >= 4 is 15.9 Å². The number of halogens is 1. The SMILES string of the molecule is COc1cc(CN2CCC(C)C2)cc(Br)c1O. The fourth-order valence-corrected chi connectivity index (χ4v) is 2.79. The standard InChI is InChI=1S/C13H18BrNO2/c1-9-3-4-15(7-9)8-10-5-11(14)13(16)12(6-10)17-2/h5-6,9,16H,3-4,7-8H2,1-2H3. The van der Waals surface area contributed by atoms with Crippen molar-refractivity contribution in [2.75, 3.05) is 20.2 Å². The largest absolute Gasteiger partial charge is 0.503 e. The van der Waals surface area contributed by atoms with E-state index < -0.39 is 0 Å². The van der Waals surface area contributed by atoms with Crippen molar-refractivity contribution in [3.63, 3.8) is 0 Å². The maximum Gasteiger partial charge on any atom is 0.172 e. The summed E-state index contributed by atoms with van der Waals surface area (Å²) in [7, 11) is 1.57. The first kappa shape index (κ1) is 12.7. The Labute approximate surface area is 111 Å². The molecular formula is C13H18BrNO2. The predicted octanol–water partition coefficient (Wildman–Crippen LogP) is 3.01. The van der Waals surface area contributed by atoms with E-state index in [2.05, 4.69) is 27.8 Å². The van der Waals surface area contributed by atoms with Gasteiger partial charge in [0.15, 0.2) is 11.5 Å². The van der Waals surface area contributed by atoms with E-state index in [1.807, 2.05) is 12.1 Å². The third-order valence-corrected chi connectivity index (χ3v) is 3.83. The molecule has 1 heterocycles. The molecule has 0 amide bonds. The number of ether oxygens (including phenoxy) is 1. The van der Waals surface area contributed by atoms with E-state index in [0.717, 1.165) is 25.6 Å². The second-order valence-corrected chi connectivity index (χ2v) is 5.61. The number of hydrogen-bond donors (Lipinski definition) is 1. The molecule has 0 radical (unpaired) electrons. The van der Waals surface area contributed by atoms with Crippen molar-refractivity contribution in [1.29, 1.82) is 0 Å². The van der Waals surface area contributed by atoms with Gasteiger partial charge in [-0.1, -0.05) is 6.92 Å². The van der Waals surface area contributed by atoms with Gasteiger partial charge in [-0.25, -0.2) is 0 Å². The fraction of sp³-hybridized carbons (Fsp3) is 0.538. The number of rotatable bonds is 3. The minimum absolute atomic E-state index is 0.172. The lowest BCUT2D eigenvalue weighted by molar-refractivity contribution is 0.318. The summed E-state index contributed by atoms with van der Waals surface area (Å²) in [5, 5.41) is 9.74. The number of likely N-dealkylation sites (tertiary alicyclic amines) is 1. The maximum atomic E-state index is 9.74. The molecule has 0 aromatic heterocycles. The second-order valence-electron chi connectivity index (χ2n) is 4.76. The highest BCUT2D eigenvalue weighted by molar-refractivity contribution is 9.10. The van der Waals surface area contributed by atoms with E-state index in [9.17, 15) is 5.11 Å². The van der Waals surface area contributed by atoms with Crippen LogP contribution in [-0.4, -0.2) is 30.2 Å². The molecule has 1 fully saturated rings. The Morgan fingerprint density at radius 1 is 1.53 bits per heavy atom. The first-order valence-electron chi connectivity index (χ1n) is 5.88. The van der Waals surface area contributed by atoms with Gasteiger partial charge in [-0.2, -0.15) is 0 Å². The molecule has 4 heteroatoms. The van der Waals surface area contributed by atoms with Crippen molar-refractivity contribution in [3.8, 4) is 11.5 Å². The summed E-state index contributed by atoms with van der Waals surface area (Å²) in [6.45, 7) is 5.51. The van der Waals surface area contributed by atoms with E-state index >= 15 is 0 Å². The molecule has 1 aliphatic heterocycles. The number of benzene rings is 1. The van der Waals surface area contributed by atoms with Crippen LogP contribution in [0.3, 0.4) is 0 Å². The van der Waals surface area contributed by atoms with Gasteiger partial charge in [0.2, 0.25) is 0 Å². The summed E-state index contributed by atoms with van der Waals surface area (Å²) in [6.07, 6.45) is 1.27. The summed E-state index contributed by atoms with van der Waals surface area (Å²) in [5.74, 6) is 1.49. The Morgan fingerprint density at radius 2 is 2.29 bits per heavy atom. The molecule has 1 saturated heterocycles. The number of hydrogen-bond acceptors (Lipinski definition) is 3. The molecular weight excluding hydrogens is 282 g/mol. The van der Waals surface area contributed by atoms with Crippen LogP contribution in [0.25, 0.3) is 0 Å². The van der Waals surface area contributed by atoms with Crippen LogP contribution in [0.1, 0.15) is 18.9 Å². The lowest BCUT2D eigenvalue weighted by atomic mass is 10.1. The van der Waals surface area contributed by atoms with Gasteiger partial charge in [-0.15, -0.1) is 0 Å². The average Bonchev–Trinajstić information content (AvgIpc) is 2.69. The number of methoxy groups -OCH3 is 1. The first-order valence-corrected chi connectivity index (χ1v) is 6.67. The van der Waals surface area contributed by atoms with Crippen molar-refractivity contribution in [2.45, 2.75) is 19.9 Å². The molecule has 17 heavy (non-hydrogen) atoms. The summed E-state index contributed by atoms with van der Waals surface area (Å²) in [6, 6.07) is 3.86. The van der Waals surface area contributed by atoms with E-state index in [1.165, 1.54) is 12.0 Å². The van der Waals surface area contributed by atoms with Gasteiger partial charge in [0.05, 0.1) is 11.6 Å². The quantitative estimate of drug-likeness (QED) is 0.931. The van der Waals surface area contributed by atoms with E-state index in [-0.39, 0.29) is 5.75 Å². The topological polar surface area (TPSA) is 32.7 Å². The van der Waals surface area contributed by atoms with Crippen LogP contribution in [0.5, 0.6) is 11.5 Å². The molecule has 0 spiro atoms. The third-order valence-electron chi connectivity index (χ3n) is 3.22. The number of aromatic hydroxyl groups is 1. The van der Waals surface area contributed by atoms with Gasteiger partial charge in [-0.05, 0) is 52.5 Å². The van der Waals surface area contributed by atoms with Gasteiger partial charge in [0.25, 0.3) is 0 Å². The molecule has 94 valence electrons. The Hall–Kier alpha value is -0.740. The number of nitrogens with zero attached hydrogens (tertiary/aromatic N) is 1. The zero-order valence-corrected chi connectivity index (χ0v) is 11.8. The molecule has 1 aliphatic rings. The van der Waals surface area contributed by atoms with Crippen LogP contribution >= 0.6 is 15.9 Å². The molecule has 1 N–H and O–H groups in total. The highest BCUT2D eigenvalue weighted by Gasteiger charge is 2.19. The van der Waals surface area contributed by atoms with Crippen LogP contribution in [0.15, 0.2) is 16.6 Å². The van der Waals surface area contributed by atoms with Crippen LogP contribution in [0, 0.1) is 5.92 Å². The van der Waals surface area contributed by atoms with Crippen molar-refractivity contribution < 1.29 is 9.84 Å². The van der Waals surface area contributed by atoms with E-state index in [0.29, 0.717) is 10.2 Å². The minimum Gasteiger partial charge on any atom is -0.503 e. The van der Waals surface area contributed by atoms with Crippen LogP contribution in [-0.2, 0) is 6.54 Å². The summed E-state index contributed by atoms with van der Waals surface area (Å²) in [5.41, 5.74) is 1.17. The lowest BCUT2D eigenvalue weighted by Crippen LogP contribution is -2.19. The molecule has 1 atom stereocenters. The summed E-state index contributed by atoms with van der Waals surface area (Å²) in [4.78, 5) is 2.43. The Balaban J connectivity index is 2.13. The minimum atomic E-state index is 0.172. The first-order chi connectivity index (χ1) is 8.10. The third kappa shape index (κ3) is 2.93. The molecule has 0 bridgehead atoms. The molecule has 0 aliphatic carbocycles. The highest BCUT2D eigenvalue weighted by atomic mass is 79.9. The Kier molecular flexibility index (Phi) is 3.94. The molecule has 0 saturated carbocycles. The second kappa shape index (κ2) is 5.27. The highest BCUT2D eigenvalue weighted by Crippen LogP contribution is 2.35. The maximum absolute atomic E-state index is 9.74. The predicted molar refractivity (Wildman–Crippen MR) is 71.4 cm³/mol. The Morgan fingerprint density at radius 3 is 2.88 bits per heavy atom. The van der Waals surface area contributed by atoms with Crippen molar-refractivity contribution in [1.82, 2.24) is 4.90 Å². The van der Waals surface area contributed by atoms with Crippen LogP contribution in [0.4, 0.5) is 0 Å². The normalized spacial score (nSPS) is 20.8. The zero-order valence-electron chi connectivity index (χ0n) is 10.2. The molecule has 1 aromatic carbocycles. The van der Waals surface area contributed by atoms with Crippen molar-refractivity contribution in [2.24, 2.45) is 5.92 Å². The fourth-order valence-electron chi connectivity index (χ4n) is 2.30. The molecule has 1 unspecified atom stereocenters. The van der Waals surface area contributed by atoms with Gasteiger partial charge < -0.3 is 9.84 Å². The van der Waals surface area contributed by atoms with Crippen LogP contribution < -0.4 is 4.74 Å². The average molecular weight is 300 g/mol. The van der Waals surface area contributed by atoms with Crippen LogP contribution in [0.2, 0.25) is 0 Å². The zero-order chi connectivity index (χ0) is 12.4. The lowest BCUT2D eigenvalue weighted by Gasteiger charge is -2.16. The van der Waals surface area contributed by atoms with E-state index in [1.54, 1.807) is 7.11 Å². The Bertz CT molecular complexity index is 409. The smallest absolute Gasteiger partial charge is 0.172 e.